The third kappa shape index (κ3) is 6.97. The minimum atomic E-state index is -0.825. The molecule has 1 rings (SSSR count). The average Bonchev–Trinajstić information content (AvgIpc) is 2.68. The highest BCUT2D eigenvalue weighted by molar-refractivity contribution is 4.86. The summed E-state index contributed by atoms with van der Waals surface area (Å²) in [4.78, 5) is 24.8. The lowest BCUT2D eigenvalue weighted by molar-refractivity contribution is -0.556. The lowest BCUT2D eigenvalue weighted by atomic mass is 9.74. The molecule has 1 fully saturated rings. The molecule has 0 heterocycles. The van der Waals surface area contributed by atoms with E-state index in [4.69, 9.17) is 19.6 Å². The minimum Gasteiger partial charge on any atom is -0.227 e. The van der Waals surface area contributed by atoms with Gasteiger partial charge in [0.2, 0.25) is 5.79 Å². The van der Waals surface area contributed by atoms with Crippen molar-refractivity contribution in [3.05, 3.63) is 0 Å². The highest BCUT2D eigenvalue weighted by atomic mass is 17.3. The second kappa shape index (κ2) is 11.3. The van der Waals surface area contributed by atoms with Gasteiger partial charge in [-0.3, -0.25) is 0 Å². The Bertz CT molecular complexity index is 398. The number of hydrogen-bond donors (Lipinski definition) is 0. The largest absolute Gasteiger partial charge is 0.234 e. The van der Waals surface area contributed by atoms with Gasteiger partial charge in [0.1, 0.15) is 11.2 Å². The van der Waals surface area contributed by atoms with E-state index in [1.54, 1.807) is 0 Å². The Morgan fingerprint density at radius 2 is 1.11 bits per heavy atom. The topological polar surface area (TPSA) is 36.9 Å². The van der Waals surface area contributed by atoms with Crippen LogP contribution in [0.25, 0.3) is 0 Å². The van der Waals surface area contributed by atoms with Crippen LogP contribution in [0.4, 0.5) is 0 Å². The fourth-order valence-electron chi connectivity index (χ4n) is 4.66. The maximum absolute atomic E-state index is 6.22. The smallest absolute Gasteiger partial charge is 0.227 e. The standard InChI is InChI=1S/C24H48O4/c1-9-16-22(11-3,12-4)25-27-24(19-15-18-21(7,8)20-24)28-26-23(13-5,14-6)17-10-2/h9-20H2,1-8H3. The SMILES string of the molecule is CCCC(CC)(CC)OOC1(OOC(CC)(CC)CCC)CCCC(C)(C)C1. The van der Waals surface area contributed by atoms with Crippen molar-refractivity contribution in [2.75, 3.05) is 0 Å². The second-order valence-corrected chi connectivity index (χ2v) is 9.72. The molecular weight excluding hydrogens is 352 g/mol. The molecule has 0 spiro atoms. The zero-order valence-electron chi connectivity index (χ0n) is 20.1. The van der Waals surface area contributed by atoms with Crippen LogP contribution in [0.15, 0.2) is 0 Å². The molecule has 0 atom stereocenters. The third-order valence-corrected chi connectivity index (χ3v) is 6.89. The number of rotatable bonds is 14. The van der Waals surface area contributed by atoms with Crippen molar-refractivity contribution in [2.45, 2.75) is 149 Å². The van der Waals surface area contributed by atoms with E-state index in [1.807, 2.05) is 0 Å². The molecule has 0 radical (unpaired) electrons. The Hall–Kier alpha value is -0.160. The molecule has 0 saturated heterocycles. The van der Waals surface area contributed by atoms with E-state index in [2.05, 4.69) is 55.4 Å². The van der Waals surface area contributed by atoms with Crippen LogP contribution in [0.1, 0.15) is 132 Å². The van der Waals surface area contributed by atoms with Crippen LogP contribution in [0.3, 0.4) is 0 Å². The average molecular weight is 401 g/mol. The highest BCUT2D eigenvalue weighted by Crippen LogP contribution is 2.46. The fourth-order valence-corrected chi connectivity index (χ4v) is 4.66. The summed E-state index contributed by atoms with van der Waals surface area (Å²) >= 11 is 0. The maximum atomic E-state index is 6.22. The van der Waals surface area contributed by atoms with Crippen LogP contribution in [0.2, 0.25) is 0 Å². The van der Waals surface area contributed by atoms with Gasteiger partial charge in [-0.05, 0) is 56.8 Å². The lowest BCUT2D eigenvalue weighted by Gasteiger charge is -2.45. The summed E-state index contributed by atoms with van der Waals surface area (Å²) in [6, 6.07) is 0. The fraction of sp³-hybridized carbons (Fsp3) is 1.00. The molecule has 1 aliphatic rings. The van der Waals surface area contributed by atoms with Gasteiger partial charge in [-0.2, -0.15) is 9.78 Å². The number of hydrogen-bond acceptors (Lipinski definition) is 4. The molecule has 4 nitrogen and oxygen atoms in total. The van der Waals surface area contributed by atoms with Crippen molar-refractivity contribution in [1.29, 1.82) is 0 Å². The summed E-state index contributed by atoms with van der Waals surface area (Å²) in [5.41, 5.74) is -0.353. The maximum Gasteiger partial charge on any atom is 0.234 e. The summed E-state index contributed by atoms with van der Waals surface area (Å²) < 4.78 is 0. The van der Waals surface area contributed by atoms with Gasteiger partial charge >= 0.3 is 0 Å². The van der Waals surface area contributed by atoms with Gasteiger partial charge in [0.05, 0.1) is 0 Å². The molecule has 1 aliphatic carbocycles. The van der Waals surface area contributed by atoms with Gasteiger partial charge in [-0.15, -0.1) is 0 Å². The van der Waals surface area contributed by atoms with E-state index in [1.165, 1.54) is 6.42 Å². The Kier molecular flexibility index (Phi) is 10.4. The van der Waals surface area contributed by atoms with Crippen LogP contribution >= 0.6 is 0 Å². The summed E-state index contributed by atoms with van der Waals surface area (Å²) in [7, 11) is 0. The van der Waals surface area contributed by atoms with Crippen molar-refractivity contribution in [3.63, 3.8) is 0 Å². The molecule has 0 amide bonds. The second-order valence-electron chi connectivity index (χ2n) is 9.72. The normalized spacial score (nSPS) is 19.7. The van der Waals surface area contributed by atoms with Crippen molar-refractivity contribution in [1.82, 2.24) is 0 Å². The molecule has 168 valence electrons. The van der Waals surface area contributed by atoms with E-state index < -0.39 is 5.79 Å². The van der Waals surface area contributed by atoms with Crippen molar-refractivity contribution in [3.8, 4) is 0 Å². The summed E-state index contributed by atoms with van der Waals surface area (Å²) in [5.74, 6) is -0.825. The predicted molar refractivity (Wildman–Crippen MR) is 116 cm³/mol. The van der Waals surface area contributed by atoms with Crippen LogP contribution in [0, 0.1) is 5.41 Å². The van der Waals surface area contributed by atoms with E-state index in [0.29, 0.717) is 0 Å². The van der Waals surface area contributed by atoms with E-state index in [-0.39, 0.29) is 16.6 Å². The molecule has 28 heavy (non-hydrogen) atoms. The van der Waals surface area contributed by atoms with E-state index >= 15 is 0 Å². The van der Waals surface area contributed by atoms with Crippen LogP contribution < -0.4 is 0 Å². The molecule has 0 aliphatic heterocycles. The van der Waals surface area contributed by atoms with Gasteiger partial charge in [0, 0.05) is 12.8 Å². The molecule has 0 bridgehead atoms. The lowest BCUT2D eigenvalue weighted by Crippen LogP contribution is -2.48. The third-order valence-electron chi connectivity index (χ3n) is 6.89. The molecular formula is C24H48O4. The zero-order chi connectivity index (χ0) is 21.3. The molecule has 0 aromatic carbocycles. The monoisotopic (exact) mass is 400 g/mol. The quantitative estimate of drug-likeness (QED) is 0.169. The summed E-state index contributed by atoms with van der Waals surface area (Å²) in [5, 5.41) is 0. The van der Waals surface area contributed by atoms with Crippen molar-refractivity contribution < 1.29 is 19.6 Å². The summed E-state index contributed by atoms with van der Waals surface area (Å²) in [6.45, 7) is 17.7. The highest BCUT2D eigenvalue weighted by Gasteiger charge is 2.47. The van der Waals surface area contributed by atoms with Gasteiger partial charge in [-0.25, -0.2) is 9.78 Å². The van der Waals surface area contributed by atoms with Gasteiger partial charge in [0.25, 0.3) is 0 Å². The minimum absolute atomic E-state index is 0.142. The van der Waals surface area contributed by atoms with Gasteiger partial charge in [-0.1, -0.05) is 68.2 Å². The van der Waals surface area contributed by atoms with Crippen molar-refractivity contribution >= 4 is 0 Å². The molecule has 0 aromatic rings. The van der Waals surface area contributed by atoms with Gasteiger partial charge < -0.3 is 0 Å². The Morgan fingerprint density at radius 3 is 1.43 bits per heavy atom. The zero-order valence-corrected chi connectivity index (χ0v) is 20.1. The Labute approximate surface area is 174 Å². The molecule has 0 unspecified atom stereocenters. The first kappa shape index (κ1) is 25.9. The first-order chi connectivity index (χ1) is 13.2. The molecule has 1 saturated carbocycles. The Balaban J connectivity index is 3.00. The first-order valence-electron chi connectivity index (χ1n) is 11.9. The molecule has 4 heteroatoms. The summed E-state index contributed by atoms with van der Waals surface area (Å²) in [6.07, 6.45) is 11.7. The molecule has 0 N–H and O–H groups in total. The van der Waals surface area contributed by atoms with Crippen LogP contribution in [-0.2, 0) is 19.6 Å². The van der Waals surface area contributed by atoms with E-state index in [9.17, 15) is 0 Å². The van der Waals surface area contributed by atoms with Crippen LogP contribution in [-0.4, -0.2) is 17.0 Å². The van der Waals surface area contributed by atoms with Gasteiger partial charge in [0.15, 0.2) is 0 Å². The van der Waals surface area contributed by atoms with E-state index in [0.717, 1.165) is 70.6 Å². The first-order valence-corrected chi connectivity index (χ1v) is 11.9. The Morgan fingerprint density at radius 1 is 0.679 bits per heavy atom. The van der Waals surface area contributed by atoms with Crippen LogP contribution in [0.5, 0.6) is 0 Å². The van der Waals surface area contributed by atoms with Crippen molar-refractivity contribution in [2.24, 2.45) is 5.41 Å². The molecule has 0 aromatic heterocycles. The predicted octanol–water partition coefficient (Wildman–Crippen LogP) is 7.90.